The molecule has 0 radical (unpaired) electrons. The van der Waals surface area contributed by atoms with Gasteiger partial charge in [-0.1, -0.05) is 18.2 Å². The lowest BCUT2D eigenvalue weighted by atomic mass is 9.83. The number of benzene rings is 1. The number of aliphatic hydroxyl groups is 1. The monoisotopic (exact) mass is 318 g/mol. The van der Waals surface area contributed by atoms with Crippen molar-refractivity contribution in [3.05, 3.63) is 35.5 Å². The van der Waals surface area contributed by atoms with Gasteiger partial charge in [0.25, 0.3) is 0 Å². The van der Waals surface area contributed by atoms with Crippen LogP contribution in [0.5, 0.6) is 0 Å². The Hall–Kier alpha value is -1.39. The molecule has 1 aliphatic rings. The molecule has 23 heavy (non-hydrogen) atoms. The van der Waals surface area contributed by atoms with Crippen molar-refractivity contribution in [2.45, 2.75) is 57.8 Å². The van der Waals surface area contributed by atoms with E-state index in [1.54, 1.807) is 0 Å². The lowest BCUT2D eigenvalue weighted by molar-refractivity contribution is -0.0213. The molecule has 1 unspecified atom stereocenters. The number of aromatic nitrogens is 1. The number of hydrogen-bond donors (Lipinski definition) is 1. The zero-order chi connectivity index (χ0) is 16.6. The quantitative estimate of drug-likeness (QED) is 0.852. The van der Waals surface area contributed by atoms with Crippen molar-refractivity contribution >= 4 is 10.9 Å². The van der Waals surface area contributed by atoms with Crippen LogP contribution < -0.4 is 0 Å². The van der Waals surface area contributed by atoms with E-state index in [-0.39, 0.29) is 18.6 Å². The van der Waals surface area contributed by atoms with Gasteiger partial charge in [0.2, 0.25) is 0 Å². The number of likely N-dealkylation sites (N-methyl/N-ethyl adjacent to an activating group) is 1. The average Bonchev–Trinajstić information content (AvgIpc) is 2.88. The third-order valence-corrected chi connectivity index (χ3v) is 5.32. The molecule has 0 amide bonds. The summed E-state index contributed by atoms with van der Waals surface area (Å²) in [6.07, 6.45) is 2.50. The number of para-hydroxylation sites is 1. The van der Waals surface area contributed by atoms with Crippen LogP contribution in [0.4, 0.5) is 4.39 Å². The molecule has 0 aliphatic heterocycles. The van der Waals surface area contributed by atoms with Crippen LogP contribution in [-0.4, -0.2) is 40.6 Å². The largest absolute Gasteiger partial charge is 0.378 e. The van der Waals surface area contributed by atoms with Crippen LogP contribution in [0.1, 0.15) is 43.9 Å². The predicted octanol–water partition coefficient (Wildman–Crippen LogP) is 3.69. The lowest BCUT2D eigenvalue weighted by Crippen LogP contribution is -2.42. The number of aliphatic hydroxyl groups excluding tert-OH is 1. The Bertz CT molecular complexity index is 679. The van der Waals surface area contributed by atoms with Crippen LogP contribution in [-0.2, 0) is 13.0 Å². The molecule has 1 aliphatic carbocycles. The molecule has 0 fully saturated rings. The molecule has 0 saturated heterocycles. The summed E-state index contributed by atoms with van der Waals surface area (Å²) in [6, 6.07) is 8.51. The second-order valence-electron chi connectivity index (χ2n) is 6.89. The number of nitrogens with zero attached hydrogens (tertiary/aromatic N) is 2. The van der Waals surface area contributed by atoms with Gasteiger partial charge in [0, 0.05) is 28.6 Å². The Morgan fingerprint density at radius 2 is 2.09 bits per heavy atom. The fraction of sp³-hybridized carbons (Fsp3) is 0.579. The van der Waals surface area contributed by atoms with Crippen LogP contribution in [0.2, 0.25) is 0 Å². The van der Waals surface area contributed by atoms with E-state index in [1.165, 1.54) is 16.6 Å². The van der Waals surface area contributed by atoms with Gasteiger partial charge in [-0.05, 0) is 51.8 Å². The van der Waals surface area contributed by atoms with Crippen molar-refractivity contribution in [2.75, 3.05) is 13.7 Å². The van der Waals surface area contributed by atoms with E-state index in [4.69, 9.17) is 0 Å². The maximum atomic E-state index is 13.1. The highest BCUT2D eigenvalue weighted by molar-refractivity contribution is 5.86. The highest BCUT2D eigenvalue weighted by Gasteiger charge is 2.34. The highest BCUT2D eigenvalue weighted by atomic mass is 19.1. The van der Waals surface area contributed by atoms with Crippen molar-refractivity contribution in [3.63, 3.8) is 0 Å². The van der Waals surface area contributed by atoms with E-state index in [0.29, 0.717) is 6.54 Å². The molecule has 2 atom stereocenters. The molecule has 0 saturated carbocycles. The zero-order valence-electron chi connectivity index (χ0n) is 14.3. The smallest absolute Gasteiger partial charge is 0.114 e. The molecule has 1 aromatic heterocycles. The zero-order valence-corrected chi connectivity index (χ0v) is 14.3. The molecule has 3 rings (SSSR count). The van der Waals surface area contributed by atoms with Crippen LogP contribution in [0.25, 0.3) is 10.9 Å². The Morgan fingerprint density at radius 3 is 2.78 bits per heavy atom. The van der Waals surface area contributed by atoms with E-state index in [0.717, 1.165) is 24.8 Å². The van der Waals surface area contributed by atoms with Gasteiger partial charge in [0.05, 0.1) is 6.54 Å². The summed E-state index contributed by atoms with van der Waals surface area (Å²) in [5.41, 5.74) is 3.55. The van der Waals surface area contributed by atoms with Crippen molar-refractivity contribution in [1.29, 1.82) is 0 Å². The highest BCUT2D eigenvalue weighted by Crippen LogP contribution is 2.41. The molecule has 1 N–H and O–H groups in total. The Labute approximate surface area is 137 Å². The minimum Gasteiger partial charge on any atom is -0.378 e. The third-order valence-electron chi connectivity index (χ3n) is 5.32. The molecule has 3 nitrogen and oxygen atoms in total. The first kappa shape index (κ1) is 16.5. The fourth-order valence-corrected chi connectivity index (χ4v) is 3.93. The summed E-state index contributed by atoms with van der Waals surface area (Å²) in [5.74, 6) is 0.0944. The topological polar surface area (TPSA) is 28.4 Å². The fourth-order valence-electron chi connectivity index (χ4n) is 3.93. The number of halogens is 1. The maximum Gasteiger partial charge on any atom is 0.114 e. The minimum absolute atomic E-state index is 0.0944. The first-order chi connectivity index (χ1) is 11.1. The molecule has 2 aromatic rings. The molecule has 4 heteroatoms. The Kier molecular flexibility index (Phi) is 4.74. The second-order valence-corrected chi connectivity index (χ2v) is 6.89. The SMILES string of the molecule is CC(C)N(C)C(O)[C@H]1CCCc2c1c1ccccc1n2CCF. The van der Waals surface area contributed by atoms with E-state index in [2.05, 4.69) is 30.5 Å². The van der Waals surface area contributed by atoms with Gasteiger partial charge in [0.15, 0.2) is 0 Å². The minimum atomic E-state index is -0.501. The Balaban J connectivity index is 2.13. The molecule has 0 bridgehead atoms. The van der Waals surface area contributed by atoms with Gasteiger partial charge >= 0.3 is 0 Å². The summed E-state index contributed by atoms with van der Waals surface area (Å²) in [4.78, 5) is 2.03. The first-order valence-corrected chi connectivity index (χ1v) is 8.62. The summed E-state index contributed by atoms with van der Waals surface area (Å²) < 4.78 is 15.2. The van der Waals surface area contributed by atoms with Gasteiger partial charge in [0.1, 0.15) is 12.9 Å². The van der Waals surface area contributed by atoms with Crippen molar-refractivity contribution in [2.24, 2.45) is 0 Å². The van der Waals surface area contributed by atoms with Crippen molar-refractivity contribution < 1.29 is 9.50 Å². The van der Waals surface area contributed by atoms with Crippen molar-refractivity contribution in [1.82, 2.24) is 9.47 Å². The summed E-state index contributed by atoms with van der Waals surface area (Å²) in [7, 11) is 1.98. The van der Waals surface area contributed by atoms with Crippen LogP contribution in [0.15, 0.2) is 24.3 Å². The summed E-state index contributed by atoms with van der Waals surface area (Å²) in [5, 5.41) is 12.1. The molecular formula is C19H27FN2O. The number of alkyl halides is 1. The van der Waals surface area contributed by atoms with E-state index < -0.39 is 6.23 Å². The Morgan fingerprint density at radius 1 is 1.35 bits per heavy atom. The van der Waals surface area contributed by atoms with E-state index in [9.17, 15) is 9.50 Å². The normalized spacial score (nSPS) is 19.5. The molecular weight excluding hydrogens is 291 g/mol. The van der Waals surface area contributed by atoms with Crippen molar-refractivity contribution in [3.8, 4) is 0 Å². The number of rotatable bonds is 5. The summed E-state index contributed by atoms with van der Waals surface area (Å²) in [6.45, 7) is 4.24. The van der Waals surface area contributed by atoms with E-state index >= 15 is 0 Å². The van der Waals surface area contributed by atoms with Gasteiger partial charge < -0.3 is 9.67 Å². The predicted molar refractivity (Wildman–Crippen MR) is 92.5 cm³/mol. The van der Waals surface area contributed by atoms with E-state index in [1.807, 2.05) is 24.1 Å². The van der Waals surface area contributed by atoms with Gasteiger partial charge in [-0.15, -0.1) is 0 Å². The van der Waals surface area contributed by atoms with Gasteiger partial charge in [-0.3, -0.25) is 4.90 Å². The molecule has 1 aromatic carbocycles. The first-order valence-electron chi connectivity index (χ1n) is 8.62. The average molecular weight is 318 g/mol. The molecule has 126 valence electrons. The number of fused-ring (bicyclic) bond motifs is 3. The van der Waals surface area contributed by atoms with Crippen LogP contribution >= 0.6 is 0 Å². The van der Waals surface area contributed by atoms with Gasteiger partial charge in [-0.2, -0.15) is 0 Å². The standard InChI is InChI=1S/C19H27FN2O/c1-13(2)21(3)19(23)15-8-6-10-17-18(15)14-7-4-5-9-16(14)22(17)12-11-20/h4-5,7,9,13,15,19,23H,6,8,10-12H2,1-3H3/t15-,19?/m0/s1. The number of aryl methyl sites for hydroxylation is 1. The molecule has 1 heterocycles. The third kappa shape index (κ3) is 2.79. The number of hydrogen-bond acceptors (Lipinski definition) is 2. The van der Waals surface area contributed by atoms with Crippen LogP contribution in [0, 0.1) is 0 Å². The summed E-state index contributed by atoms with van der Waals surface area (Å²) >= 11 is 0. The maximum absolute atomic E-state index is 13.1. The second kappa shape index (κ2) is 6.62. The van der Waals surface area contributed by atoms with Crippen LogP contribution in [0.3, 0.4) is 0 Å². The lowest BCUT2D eigenvalue weighted by Gasteiger charge is -2.36. The van der Waals surface area contributed by atoms with Gasteiger partial charge in [-0.25, -0.2) is 4.39 Å². The molecule has 0 spiro atoms.